The lowest BCUT2D eigenvalue weighted by molar-refractivity contribution is -0.204. The van der Waals surface area contributed by atoms with Crippen LogP contribution in [0.2, 0.25) is 0 Å². The van der Waals surface area contributed by atoms with Gasteiger partial charge in [0.2, 0.25) is 6.10 Å². The third-order valence-corrected chi connectivity index (χ3v) is 3.72. The SMILES string of the molecule is CC(=O)O[C@H]1[C@H](OC(C)=O)[C@@H]2CCCN2C(=O)[C@H]1OC(C)=O. The minimum absolute atomic E-state index is 0.368. The van der Waals surface area contributed by atoms with E-state index in [-0.39, 0.29) is 6.04 Å². The summed E-state index contributed by atoms with van der Waals surface area (Å²) in [6, 6.07) is -0.368. The monoisotopic (exact) mass is 313 g/mol. The average Bonchev–Trinajstić information content (AvgIpc) is 2.86. The number of carbonyl (C=O) groups is 4. The highest BCUT2D eigenvalue weighted by atomic mass is 16.6. The van der Waals surface area contributed by atoms with Gasteiger partial charge < -0.3 is 19.1 Å². The second-order valence-corrected chi connectivity index (χ2v) is 5.42. The summed E-state index contributed by atoms with van der Waals surface area (Å²) in [6.45, 7) is 4.07. The maximum absolute atomic E-state index is 12.5. The van der Waals surface area contributed by atoms with Crippen molar-refractivity contribution in [3.63, 3.8) is 0 Å². The number of ether oxygens (including phenoxy) is 3. The van der Waals surface area contributed by atoms with Gasteiger partial charge in [-0.3, -0.25) is 19.2 Å². The lowest BCUT2D eigenvalue weighted by Gasteiger charge is -2.43. The van der Waals surface area contributed by atoms with Crippen molar-refractivity contribution in [3.05, 3.63) is 0 Å². The predicted molar refractivity (Wildman–Crippen MR) is 71.4 cm³/mol. The molecule has 122 valence electrons. The Bertz CT molecular complexity index is 503. The molecule has 8 nitrogen and oxygen atoms in total. The van der Waals surface area contributed by atoms with Gasteiger partial charge in [-0.15, -0.1) is 0 Å². The standard InChI is InChI=1S/C14H19NO7/c1-7(16)20-11-10-5-4-6-15(10)14(19)13(22-9(3)18)12(11)21-8(2)17/h10-13H,4-6H2,1-3H3/t10-,11+,12-,13-/m0/s1. The molecule has 0 radical (unpaired) electrons. The molecule has 2 rings (SSSR count). The molecule has 8 heteroatoms. The maximum atomic E-state index is 12.5. The van der Waals surface area contributed by atoms with Crippen molar-refractivity contribution in [3.8, 4) is 0 Å². The van der Waals surface area contributed by atoms with E-state index in [9.17, 15) is 19.2 Å². The lowest BCUT2D eigenvalue weighted by atomic mass is 9.93. The largest absolute Gasteiger partial charge is 0.456 e. The van der Waals surface area contributed by atoms with Crippen molar-refractivity contribution < 1.29 is 33.4 Å². The lowest BCUT2D eigenvalue weighted by Crippen LogP contribution is -2.65. The molecule has 2 fully saturated rings. The summed E-state index contributed by atoms with van der Waals surface area (Å²) in [5, 5.41) is 0. The number of rotatable bonds is 3. The van der Waals surface area contributed by atoms with Crippen LogP contribution < -0.4 is 0 Å². The van der Waals surface area contributed by atoms with Crippen LogP contribution in [0.4, 0.5) is 0 Å². The molecule has 2 aliphatic rings. The van der Waals surface area contributed by atoms with Crippen LogP contribution in [0.3, 0.4) is 0 Å². The van der Waals surface area contributed by atoms with Crippen molar-refractivity contribution in [1.82, 2.24) is 4.90 Å². The second kappa shape index (κ2) is 6.33. The van der Waals surface area contributed by atoms with E-state index in [1.807, 2.05) is 0 Å². The molecule has 0 aliphatic carbocycles. The summed E-state index contributed by atoms with van der Waals surface area (Å²) in [5.74, 6) is -2.29. The Morgan fingerprint density at radius 1 is 0.955 bits per heavy atom. The number of esters is 3. The summed E-state index contributed by atoms with van der Waals surface area (Å²) in [7, 11) is 0. The molecule has 22 heavy (non-hydrogen) atoms. The van der Waals surface area contributed by atoms with E-state index in [2.05, 4.69) is 0 Å². The normalized spacial score (nSPS) is 30.5. The van der Waals surface area contributed by atoms with Crippen LogP contribution in [-0.2, 0) is 33.4 Å². The molecule has 0 saturated carbocycles. The van der Waals surface area contributed by atoms with E-state index < -0.39 is 42.1 Å². The number of hydrogen-bond acceptors (Lipinski definition) is 7. The fraction of sp³-hybridized carbons (Fsp3) is 0.714. The van der Waals surface area contributed by atoms with Gasteiger partial charge in [-0.05, 0) is 12.8 Å². The van der Waals surface area contributed by atoms with Crippen LogP contribution >= 0.6 is 0 Å². The van der Waals surface area contributed by atoms with Gasteiger partial charge in [0.15, 0.2) is 12.2 Å². The fourth-order valence-corrected chi connectivity index (χ4v) is 3.06. The molecule has 4 atom stereocenters. The van der Waals surface area contributed by atoms with Gasteiger partial charge in [0, 0.05) is 27.3 Å². The zero-order chi connectivity index (χ0) is 16.4. The number of piperidine rings is 1. The Kier molecular flexibility index (Phi) is 4.68. The molecule has 0 aromatic heterocycles. The number of nitrogens with zero attached hydrogens (tertiary/aromatic N) is 1. The van der Waals surface area contributed by atoms with E-state index in [0.29, 0.717) is 13.0 Å². The third kappa shape index (κ3) is 3.20. The van der Waals surface area contributed by atoms with Crippen molar-refractivity contribution >= 4 is 23.8 Å². The fourth-order valence-electron chi connectivity index (χ4n) is 3.06. The summed E-state index contributed by atoms with van der Waals surface area (Å²) in [6.07, 6.45) is -1.88. The summed E-state index contributed by atoms with van der Waals surface area (Å²) < 4.78 is 15.5. The highest BCUT2D eigenvalue weighted by molar-refractivity contribution is 5.86. The number of hydrogen-bond donors (Lipinski definition) is 0. The number of amides is 1. The Morgan fingerprint density at radius 2 is 1.50 bits per heavy atom. The van der Waals surface area contributed by atoms with Gasteiger partial charge in [0.1, 0.15) is 0 Å². The van der Waals surface area contributed by atoms with Crippen LogP contribution in [0.1, 0.15) is 33.6 Å². The van der Waals surface area contributed by atoms with Crippen LogP contribution in [0.25, 0.3) is 0 Å². The first-order chi connectivity index (χ1) is 10.3. The van der Waals surface area contributed by atoms with Crippen molar-refractivity contribution in [2.75, 3.05) is 6.54 Å². The van der Waals surface area contributed by atoms with Crippen LogP contribution in [0.15, 0.2) is 0 Å². The Hall–Kier alpha value is -2.12. The third-order valence-electron chi connectivity index (χ3n) is 3.72. The highest BCUT2D eigenvalue weighted by Crippen LogP contribution is 2.33. The first-order valence-electron chi connectivity index (χ1n) is 7.13. The summed E-state index contributed by atoms with van der Waals surface area (Å²) >= 11 is 0. The zero-order valence-electron chi connectivity index (χ0n) is 12.7. The first kappa shape index (κ1) is 16.3. The second-order valence-electron chi connectivity index (χ2n) is 5.42. The molecule has 2 heterocycles. The minimum Gasteiger partial charge on any atom is -0.456 e. The average molecular weight is 313 g/mol. The molecule has 0 bridgehead atoms. The van der Waals surface area contributed by atoms with E-state index in [0.717, 1.165) is 13.3 Å². The molecule has 0 aromatic rings. The van der Waals surface area contributed by atoms with Crippen LogP contribution in [0.5, 0.6) is 0 Å². The minimum atomic E-state index is -1.29. The van der Waals surface area contributed by atoms with Crippen molar-refractivity contribution in [1.29, 1.82) is 0 Å². The van der Waals surface area contributed by atoms with Gasteiger partial charge >= 0.3 is 17.9 Å². The van der Waals surface area contributed by atoms with Crippen LogP contribution in [0, 0.1) is 0 Å². The Labute approximate surface area is 127 Å². The number of fused-ring (bicyclic) bond motifs is 1. The topological polar surface area (TPSA) is 99.2 Å². The molecule has 0 aromatic carbocycles. The molecule has 2 saturated heterocycles. The maximum Gasteiger partial charge on any atom is 0.303 e. The molecule has 0 spiro atoms. The van der Waals surface area contributed by atoms with Crippen molar-refractivity contribution in [2.45, 2.75) is 58.0 Å². The molecule has 1 amide bonds. The van der Waals surface area contributed by atoms with Crippen molar-refractivity contribution in [2.24, 2.45) is 0 Å². The van der Waals surface area contributed by atoms with E-state index in [4.69, 9.17) is 14.2 Å². The molecule has 0 N–H and O–H groups in total. The molecular formula is C14H19NO7. The van der Waals surface area contributed by atoms with Gasteiger partial charge in [-0.2, -0.15) is 0 Å². The quantitative estimate of drug-likeness (QED) is 0.525. The predicted octanol–water partition coefficient (Wildman–Crippen LogP) is -0.214. The highest BCUT2D eigenvalue weighted by Gasteiger charge is 2.55. The zero-order valence-corrected chi connectivity index (χ0v) is 12.7. The summed E-state index contributed by atoms with van der Waals surface area (Å²) in [5.41, 5.74) is 0. The smallest absolute Gasteiger partial charge is 0.303 e. The van der Waals surface area contributed by atoms with E-state index in [1.165, 1.54) is 18.7 Å². The summed E-state index contributed by atoms with van der Waals surface area (Å²) in [4.78, 5) is 48.0. The number of carbonyl (C=O) groups excluding carboxylic acids is 4. The Balaban J connectivity index is 2.36. The van der Waals surface area contributed by atoms with E-state index in [1.54, 1.807) is 0 Å². The molecule has 2 aliphatic heterocycles. The van der Waals surface area contributed by atoms with E-state index >= 15 is 0 Å². The van der Waals surface area contributed by atoms with Gasteiger partial charge in [0.25, 0.3) is 5.91 Å². The first-order valence-corrected chi connectivity index (χ1v) is 7.13. The Morgan fingerprint density at radius 3 is 2.05 bits per heavy atom. The molecular weight excluding hydrogens is 294 g/mol. The van der Waals surface area contributed by atoms with Gasteiger partial charge in [-0.1, -0.05) is 0 Å². The molecule has 0 unspecified atom stereocenters. The van der Waals surface area contributed by atoms with Gasteiger partial charge in [-0.25, -0.2) is 0 Å². The van der Waals surface area contributed by atoms with Gasteiger partial charge in [0.05, 0.1) is 6.04 Å². The van der Waals surface area contributed by atoms with Crippen LogP contribution in [-0.4, -0.2) is 59.6 Å².